The van der Waals surface area contributed by atoms with E-state index >= 15 is 0 Å². The summed E-state index contributed by atoms with van der Waals surface area (Å²) in [7, 11) is 0. The predicted molar refractivity (Wildman–Crippen MR) is 31.1 cm³/mol. The average molecular weight is 184 g/mol. The molecule has 2 unspecified atom stereocenters. The standard InChI is InChI=1S/C6H7F3O3/c1-3-11-4(6(7,8)9)2-5(10)12-3/h3-4H,2H2,1H3. The Kier molecular flexibility index (Phi) is 2.27. The number of carbonyl (C=O) groups is 1. The fourth-order valence-electron chi connectivity index (χ4n) is 0.885. The van der Waals surface area contributed by atoms with Crippen molar-refractivity contribution in [2.45, 2.75) is 31.9 Å². The van der Waals surface area contributed by atoms with Crippen LogP contribution in [0.2, 0.25) is 0 Å². The summed E-state index contributed by atoms with van der Waals surface area (Å²) >= 11 is 0. The Labute approximate surface area is 66.4 Å². The average Bonchev–Trinajstić information content (AvgIpc) is 1.82. The highest BCUT2D eigenvalue weighted by atomic mass is 19.4. The van der Waals surface area contributed by atoms with Crippen LogP contribution in [-0.2, 0) is 14.3 Å². The van der Waals surface area contributed by atoms with Crippen LogP contribution in [-0.4, -0.2) is 24.5 Å². The van der Waals surface area contributed by atoms with Gasteiger partial charge in [-0.2, -0.15) is 13.2 Å². The lowest BCUT2D eigenvalue weighted by atomic mass is 10.2. The van der Waals surface area contributed by atoms with Crippen molar-refractivity contribution in [3.63, 3.8) is 0 Å². The SMILES string of the molecule is CC1OC(=O)CC(C(F)(F)F)O1. The van der Waals surface area contributed by atoms with Crippen molar-refractivity contribution in [3.05, 3.63) is 0 Å². The maximum atomic E-state index is 12.0. The van der Waals surface area contributed by atoms with Gasteiger partial charge >= 0.3 is 12.1 Å². The monoisotopic (exact) mass is 184 g/mol. The number of hydrogen-bond acceptors (Lipinski definition) is 3. The zero-order valence-electron chi connectivity index (χ0n) is 6.22. The summed E-state index contributed by atoms with van der Waals surface area (Å²) in [5.41, 5.74) is 0. The van der Waals surface area contributed by atoms with Crippen molar-refractivity contribution < 1.29 is 27.4 Å². The van der Waals surface area contributed by atoms with Gasteiger partial charge in [0.05, 0.1) is 6.42 Å². The molecule has 0 amide bonds. The summed E-state index contributed by atoms with van der Waals surface area (Å²) in [6, 6.07) is 0. The summed E-state index contributed by atoms with van der Waals surface area (Å²) in [5, 5.41) is 0. The zero-order chi connectivity index (χ0) is 9.35. The van der Waals surface area contributed by atoms with Crippen molar-refractivity contribution in [2.75, 3.05) is 0 Å². The number of ether oxygens (including phenoxy) is 2. The van der Waals surface area contributed by atoms with E-state index in [2.05, 4.69) is 9.47 Å². The summed E-state index contributed by atoms with van der Waals surface area (Å²) < 4.78 is 44.6. The number of esters is 1. The van der Waals surface area contributed by atoms with Crippen LogP contribution in [0.3, 0.4) is 0 Å². The van der Waals surface area contributed by atoms with E-state index < -0.39 is 31.0 Å². The summed E-state index contributed by atoms with van der Waals surface area (Å²) in [5.74, 6) is -0.879. The van der Waals surface area contributed by atoms with E-state index in [1.165, 1.54) is 6.92 Å². The third-order valence-electron chi connectivity index (χ3n) is 1.37. The Hall–Kier alpha value is -0.780. The summed E-state index contributed by atoms with van der Waals surface area (Å²) in [6.45, 7) is 1.25. The second kappa shape index (κ2) is 2.93. The van der Waals surface area contributed by atoms with Gasteiger partial charge in [-0.05, 0) is 6.92 Å². The molecule has 1 fully saturated rings. The van der Waals surface area contributed by atoms with E-state index in [9.17, 15) is 18.0 Å². The highest BCUT2D eigenvalue weighted by molar-refractivity contribution is 5.70. The van der Waals surface area contributed by atoms with Crippen LogP contribution >= 0.6 is 0 Å². The molecule has 12 heavy (non-hydrogen) atoms. The highest BCUT2D eigenvalue weighted by Gasteiger charge is 2.46. The number of hydrogen-bond donors (Lipinski definition) is 0. The maximum Gasteiger partial charge on any atom is 0.415 e. The summed E-state index contributed by atoms with van der Waals surface area (Å²) in [6.07, 6.45) is -8.38. The minimum absolute atomic E-state index is 0.756. The Morgan fingerprint density at radius 2 is 2.08 bits per heavy atom. The minimum Gasteiger partial charge on any atom is -0.436 e. The molecule has 1 heterocycles. The molecule has 0 saturated carbocycles. The van der Waals surface area contributed by atoms with E-state index in [4.69, 9.17) is 0 Å². The number of cyclic esters (lactones) is 1. The first-order chi connectivity index (χ1) is 5.39. The minimum atomic E-state index is -4.49. The van der Waals surface area contributed by atoms with Crippen LogP contribution in [0.1, 0.15) is 13.3 Å². The van der Waals surface area contributed by atoms with Crippen molar-refractivity contribution >= 4 is 5.97 Å². The van der Waals surface area contributed by atoms with Gasteiger partial charge in [0.25, 0.3) is 0 Å². The fraction of sp³-hybridized carbons (Fsp3) is 0.833. The molecule has 1 rings (SSSR count). The number of alkyl halides is 3. The molecule has 3 nitrogen and oxygen atoms in total. The highest BCUT2D eigenvalue weighted by Crippen LogP contribution is 2.29. The molecule has 0 bridgehead atoms. The number of carbonyl (C=O) groups excluding carboxylic acids is 1. The van der Waals surface area contributed by atoms with E-state index in [1.807, 2.05) is 0 Å². The fourth-order valence-corrected chi connectivity index (χ4v) is 0.885. The van der Waals surface area contributed by atoms with E-state index in [0.717, 1.165) is 0 Å². The first-order valence-electron chi connectivity index (χ1n) is 3.31. The molecule has 1 saturated heterocycles. The van der Waals surface area contributed by atoms with E-state index in [0.29, 0.717) is 0 Å². The Bertz CT molecular complexity index is 189. The molecule has 1 aliphatic rings. The van der Waals surface area contributed by atoms with Gasteiger partial charge in [0.2, 0.25) is 6.29 Å². The molecular formula is C6H7F3O3. The predicted octanol–water partition coefficient (Wildman–Crippen LogP) is 1.23. The topological polar surface area (TPSA) is 35.5 Å². The molecule has 6 heteroatoms. The van der Waals surface area contributed by atoms with Gasteiger partial charge in [-0.15, -0.1) is 0 Å². The lowest BCUT2D eigenvalue weighted by molar-refractivity contribution is -0.284. The van der Waals surface area contributed by atoms with Crippen molar-refractivity contribution in [1.82, 2.24) is 0 Å². The molecular weight excluding hydrogens is 177 g/mol. The quantitative estimate of drug-likeness (QED) is 0.531. The van der Waals surface area contributed by atoms with Crippen molar-refractivity contribution in [2.24, 2.45) is 0 Å². The van der Waals surface area contributed by atoms with Gasteiger partial charge in [-0.3, -0.25) is 4.79 Å². The smallest absolute Gasteiger partial charge is 0.415 e. The first-order valence-corrected chi connectivity index (χ1v) is 3.31. The molecule has 0 aromatic heterocycles. The second-order valence-corrected chi connectivity index (χ2v) is 2.43. The number of halogens is 3. The van der Waals surface area contributed by atoms with Crippen LogP contribution in [0.4, 0.5) is 13.2 Å². The second-order valence-electron chi connectivity index (χ2n) is 2.43. The third kappa shape index (κ3) is 2.10. The molecule has 0 aromatic rings. The zero-order valence-corrected chi connectivity index (χ0v) is 6.22. The van der Waals surface area contributed by atoms with Crippen molar-refractivity contribution in [1.29, 1.82) is 0 Å². The molecule has 0 spiro atoms. The lowest BCUT2D eigenvalue weighted by Gasteiger charge is -2.28. The van der Waals surface area contributed by atoms with Crippen molar-refractivity contribution in [3.8, 4) is 0 Å². The first kappa shape index (κ1) is 9.31. The Morgan fingerprint density at radius 1 is 1.50 bits per heavy atom. The van der Waals surface area contributed by atoms with Gasteiger partial charge in [-0.1, -0.05) is 0 Å². The molecule has 0 aliphatic carbocycles. The normalized spacial score (nSPS) is 31.5. The van der Waals surface area contributed by atoms with Gasteiger partial charge in [0.15, 0.2) is 6.10 Å². The van der Waals surface area contributed by atoms with Crippen LogP contribution in [0.25, 0.3) is 0 Å². The third-order valence-corrected chi connectivity index (χ3v) is 1.37. The van der Waals surface area contributed by atoms with Gasteiger partial charge < -0.3 is 9.47 Å². The van der Waals surface area contributed by atoms with Crippen LogP contribution in [0.5, 0.6) is 0 Å². The summed E-state index contributed by atoms with van der Waals surface area (Å²) in [4.78, 5) is 10.5. The van der Waals surface area contributed by atoms with E-state index in [-0.39, 0.29) is 0 Å². The number of rotatable bonds is 0. The molecule has 2 atom stereocenters. The van der Waals surface area contributed by atoms with Crippen LogP contribution in [0, 0.1) is 0 Å². The molecule has 0 N–H and O–H groups in total. The van der Waals surface area contributed by atoms with E-state index in [1.54, 1.807) is 0 Å². The molecule has 70 valence electrons. The van der Waals surface area contributed by atoms with Gasteiger partial charge in [0.1, 0.15) is 0 Å². The Balaban J connectivity index is 2.62. The Morgan fingerprint density at radius 3 is 2.50 bits per heavy atom. The molecule has 0 radical (unpaired) electrons. The van der Waals surface area contributed by atoms with Gasteiger partial charge in [0, 0.05) is 0 Å². The van der Waals surface area contributed by atoms with Crippen LogP contribution < -0.4 is 0 Å². The van der Waals surface area contributed by atoms with Gasteiger partial charge in [-0.25, -0.2) is 0 Å². The van der Waals surface area contributed by atoms with Crippen LogP contribution in [0.15, 0.2) is 0 Å². The maximum absolute atomic E-state index is 12.0. The molecule has 0 aromatic carbocycles. The largest absolute Gasteiger partial charge is 0.436 e. The molecule has 1 aliphatic heterocycles. The lowest BCUT2D eigenvalue weighted by Crippen LogP contribution is -2.42.